The molecule has 19 heavy (non-hydrogen) atoms. The van der Waals surface area contributed by atoms with Gasteiger partial charge < -0.3 is 10.2 Å². The number of fused-ring (bicyclic) bond motifs is 1. The molecule has 0 aliphatic rings. The highest BCUT2D eigenvalue weighted by atomic mass is 16.4. The molecule has 0 amide bonds. The zero-order valence-corrected chi connectivity index (χ0v) is 10.5. The van der Waals surface area contributed by atoms with Crippen LogP contribution in [0.2, 0.25) is 0 Å². The van der Waals surface area contributed by atoms with Crippen LogP contribution < -0.4 is 11.5 Å². The Bertz CT molecular complexity index is 802. The highest BCUT2D eigenvalue weighted by molar-refractivity contribution is 5.76. The SMILES string of the molecule is Cc1cncc(Cn2c(=O)oc3cc(N)ccc32)c1. The van der Waals surface area contributed by atoms with E-state index in [1.807, 2.05) is 13.0 Å². The van der Waals surface area contributed by atoms with E-state index in [0.29, 0.717) is 17.8 Å². The Morgan fingerprint density at radius 3 is 2.95 bits per heavy atom. The summed E-state index contributed by atoms with van der Waals surface area (Å²) in [4.78, 5) is 16.0. The first kappa shape index (κ1) is 11.5. The predicted molar refractivity (Wildman–Crippen MR) is 73.0 cm³/mol. The minimum absolute atomic E-state index is 0.387. The average molecular weight is 255 g/mol. The van der Waals surface area contributed by atoms with E-state index < -0.39 is 0 Å². The summed E-state index contributed by atoms with van der Waals surface area (Å²) in [6, 6.07) is 7.19. The fourth-order valence-electron chi connectivity index (χ4n) is 2.12. The average Bonchev–Trinajstić information content (AvgIpc) is 2.65. The van der Waals surface area contributed by atoms with Gasteiger partial charge in [-0.25, -0.2) is 4.79 Å². The number of anilines is 1. The number of hydrogen-bond donors (Lipinski definition) is 1. The standard InChI is InChI=1S/C14H13N3O2/c1-9-4-10(7-16-6-9)8-17-12-3-2-11(15)5-13(12)19-14(17)18/h2-7H,8,15H2,1H3. The van der Waals surface area contributed by atoms with Crippen molar-refractivity contribution in [3.8, 4) is 0 Å². The van der Waals surface area contributed by atoms with E-state index in [9.17, 15) is 4.79 Å². The normalized spacial score (nSPS) is 11.0. The third kappa shape index (κ3) is 2.10. The zero-order valence-electron chi connectivity index (χ0n) is 10.5. The predicted octanol–water partition coefficient (Wildman–Crippen LogP) is 1.93. The monoisotopic (exact) mass is 255 g/mol. The second-order valence-corrected chi connectivity index (χ2v) is 4.55. The Hall–Kier alpha value is -2.56. The lowest BCUT2D eigenvalue weighted by molar-refractivity contribution is 0.517. The zero-order chi connectivity index (χ0) is 13.4. The van der Waals surface area contributed by atoms with Gasteiger partial charge in [-0.05, 0) is 30.2 Å². The minimum atomic E-state index is -0.387. The molecule has 2 heterocycles. The molecule has 0 aliphatic carbocycles. The van der Waals surface area contributed by atoms with E-state index in [0.717, 1.165) is 16.6 Å². The van der Waals surface area contributed by atoms with E-state index in [1.165, 1.54) is 0 Å². The number of nitrogens with two attached hydrogens (primary N) is 1. The van der Waals surface area contributed by atoms with Crippen molar-refractivity contribution < 1.29 is 4.42 Å². The van der Waals surface area contributed by atoms with E-state index in [1.54, 1.807) is 35.2 Å². The Labute approximate surface area is 109 Å². The molecule has 1 aromatic carbocycles. The fraction of sp³-hybridized carbons (Fsp3) is 0.143. The molecule has 96 valence electrons. The topological polar surface area (TPSA) is 74.0 Å². The molecule has 0 bridgehead atoms. The number of oxazole rings is 1. The summed E-state index contributed by atoms with van der Waals surface area (Å²) in [5.74, 6) is -0.387. The number of hydrogen-bond acceptors (Lipinski definition) is 4. The van der Waals surface area contributed by atoms with Crippen molar-refractivity contribution in [2.75, 3.05) is 5.73 Å². The van der Waals surface area contributed by atoms with Crippen LogP contribution in [0.15, 0.2) is 45.9 Å². The second kappa shape index (κ2) is 4.28. The van der Waals surface area contributed by atoms with Crippen molar-refractivity contribution in [3.63, 3.8) is 0 Å². The van der Waals surface area contributed by atoms with E-state index in [-0.39, 0.29) is 5.76 Å². The maximum atomic E-state index is 11.9. The van der Waals surface area contributed by atoms with Gasteiger partial charge in [-0.2, -0.15) is 0 Å². The van der Waals surface area contributed by atoms with Crippen LogP contribution in [0.3, 0.4) is 0 Å². The number of pyridine rings is 1. The van der Waals surface area contributed by atoms with Gasteiger partial charge in [-0.1, -0.05) is 6.07 Å². The summed E-state index contributed by atoms with van der Waals surface area (Å²) < 4.78 is 6.76. The Balaban J connectivity index is 2.10. The molecule has 5 heteroatoms. The van der Waals surface area contributed by atoms with Crippen LogP contribution in [-0.4, -0.2) is 9.55 Å². The van der Waals surface area contributed by atoms with Crippen LogP contribution in [0.5, 0.6) is 0 Å². The molecular formula is C14H13N3O2. The summed E-state index contributed by atoms with van der Waals surface area (Å²) in [5, 5.41) is 0. The quantitative estimate of drug-likeness (QED) is 0.710. The van der Waals surface area contributed by atoms with Gasteiger partial charge in [0.05, 0.1) is 12.1 Å². The lowest BCUT2D eigenvalue weighted by atomic mass is 10.2. The summed E-state index contributed by atoms with van der Waals surface area (Å²) in [7, 11) is 0. The molecule has 5 nitrogen and oxygen atoms in total. The largest absolute Gasteiger partial charge is 0.420 e. The molecular weight excluding hydrogens is 242 g/mol. The third-order valence-electron chi connectivity index (χ3n) is 2.96. The van der Waals surface area contributed by atoms with Crippen molar-refractivity contribution in [1.82, 2.24) is 9.55 Å². The summed E-state index contributed by atoms with van der Waals surface area (Å²) in [6.45, 7) is 2.40. The molecule has 3 rings (SSSR count). The molecule has 0 saturated carbocycles. The summed E-state index contributed by atoms with van der Waals surface area (Å²) in [5.41, 5.74) is 9.51. The summed E-state index contributed by atoms with van der Waals surface area (Å²) in [6.07, 6.45) is 3.52. The second-order valence-electron chi connectivity index (χ2n) is 4.55. The number of aryl methyl sites for hydroxylation is 1. The third-order valence-corrected chi connectivity index (χ3v) is 2.96. The van der Waals surface area contributed by atoms with Gasteiger partial charge in [0.1, 0.15) is 0 Å². The van der Waals surface area contributed by atoms with Crippen LogP contribution >= 0.6 is 0 Å². The fourth-order valence-corrected chi connectivity index (χ4v) is 2.12. The Morgan fingerprint density at radius 2 is 2.16 bits per heavy atom. The maximum Gasteiger partial charge on any atom is 0.420 e. The van der Waals surface area contributed by atoms with E-state index in [4.69, 9.17) is 10.2 Å². The molecule has 2 N–H and O–H groups in total. The van der Waals surface area contributed by atoms with Crippen LogP contribution in [-0.2, 0) is 6.54 Å². The van der Waals surface area contributed by atoms with Crippen molar-refractivity contribution in [3.05, 3.63) is 58.3 Å². The molecule has 0 saturated heterocycles. The van der Waals surface area contributed by atoms with Crippen molar-refractivity contribution in [2.24, 2.45) is 0 Å². The highest BCUT2D eigenvalue weighted by Crippen LogP contribution is 2.17. The van der Waals surface area contributed by atoms with Gasteiger partial charge >= 0.3 is 5.76 Å². The lowest BCUT2D eigenvalue weighted by Crippen LogP contribution is -2.15. The number of rotatable bonds is 2. The summed E-state index contributed by atoms with van der Waals surface area (Å²) >= 11 is 0. The molecule has 0 radical (unpaired) electrons. The van der Waals surface area contributed by atoms with Crippen LogP contribution in [0.1, 0.15) is 11.1 Å². The molecule has 2 aromatic heterocycles. The smallest absolute Gasteiger partial charge is 0.408 e. The Morgan fingerprint density at radius 1 is 1.32 bits per heavy atom. The molecule has 0 atom stereocenters. The first-order chi connectivity index (χ1) is 9.13. The van der Waals surface area contributed by atoms with Gasteiger partial charge in [0.15, 0.2) is 5.58 Å². The van der Waals surface area contributed by atoms with Gasteiger partial charge in [0.2, 0.25) is 0 Å². The van der Waals surface area contributed by atoms with Gasteiger partial charge in [0, 0.05) is 24.1 Å². The van der Waals surface area contributed by atoms with Gasteiger partial charge in [0.25, 0.3) is 0 Å². The van der Waals surface area contributed by atoms with Crippen LogP contribution in [0, 0.1) is 6.92 Å². The number of nitrogen functional groups attached to an aromatic ring is 1. The molecule has 0 unspecified atom stereocenters. The van der Waals surface area contributed by atoms with Crippen LogP contribution in [0.25, 0.3) is 11.1 Å². The number of benzene rings is 1. The maximum absolute atomic E-state index is 11.9. The van der Waals surface area contributed by atoms with Crippen molar-refractivity contribution in [2.45, 2.75) is 13.5 Å². The van der Waals surface area contributed by atoms with Crippen molar-refractivity contribution in [1.29, 1.82) is 0 Å². The lowest BCUT2D eigenvalue weighted by Gasteiger charge is -2.03. The first-order valence-corrected chi connectivity index (χ1v) is 5.93. The van der Waals surface area contributed by atoms with Gasteiger partial charge in [-0.15, -0.1) is 0 Å². The Kier molecular flexibility index (Phi) is 2.59. The molecule has 3 aromatic rings. The molecule has 0 aliphatic heterocycles. The molecule has 0 fully saturated rings. The number of nitrogens with zero attached hydrogens (tertiary/aromatic N) is 2. The van der Waals surface area contributed by atoms with Crippen LogP contribution in [0.4, 0.5) is 5.69 Å². The van der Waals surface area contributed by atoms with Crippen molar-refractivity contribution >= 4 is 16.8 Å². The minimum Gasteiger partial charge on any atom is -0.408 e. The van der Waals surface area contributed by atoms with E-state index in [2.05, 4.69) is 4.98 Å². The van der Waals surface area contributed by atoms with Gasteiger partial charge in [-0.3, -0.25) is 9.55 Å². The first-order valence-electron chi connectivity index (χ1n) is 5.93. The van der Waals surface area contributed by atoms with E-state index >= 15 is 0 Å². The molecule has 0 spiro atoms. The number of aromatic nitrogens is 2. The highest BCUT2D eigenvalue weighted by Gasteiger charge is 2.10.